The number of rotatable bonds is 8. The lowest BCUT2D eigenvalue weighted by molar-refractivity contribution is 0.806. The SMILES string of the molecule is CC(C)c1cc(C(C)C)c(-c2cc(I)cc(-c3c(C(C)C)cc(C(C)C)cc3C(C)C)c2I)c(C(C)C)c1. The van der Waals surface area contributed by atoms with E-state index in [-0.39, 0.29) is 0 Å². The molecule has 0 atom stereocenters. The second kappa shape index (κ2) is 12.7. The molecule has 0 aliphatic heterocycles. The van der Waals surface area contributed by atoms with Gasteiger partial charge in [-0.25, -0.2) is 0 Å². The summed E-state index contributed by atoms with van der Waals surface area (Å²) in [5, 5.41) is 0. The Kier molecular flexibility index (Phi) is 10.6. The van der Waals surface area contributed by atoms with Gasteiger partial charge in [-0.15, -0.1) is 0 Å². The molecule has 206 valence electrons. The van der Waals surface area contributed by atoms with Crippen molar-refractivity contribution in [2.24, 2.45) is 0 Å². The van der Waals surface area contributed by atoms with Crippen LogP contribution in [-0.2, 0) is 0 Å². The second-order valence-corrected chi connectivity index (χ2v) is 15.2. The molecule has 0 bridgehead atoms. The minimum absolute atomic E-state index is 0.459. The fraction of sp³-hybridized carbons (Fsp3) is 0.500. The van der Waals surface area contributed by atoms with E-state index in [1.807, 2.05) is 0 Å². The largest absolute Gasteiger partial charge is 0.0587 e. The van der Waals surface area contributed by atoms with Crippen molar-refractivity contribution >= 4 is 45.2 Å². The Morgan fingerprint density at radius 1 is 0.395 bits per heavy atom. The molecular formula is C36H48I2. The first kappa shape index (κ1) is 31.6. The molecule has 0 aliphatic rings. The van der Waals surface area contributed by atoms with Crippen molar-refractivity contribution in [3.05, 3.63) is 76.9 Å². The van der Waals surface area contributed by atoms with Gasteiger partial charge in [0.25, 0.3) is 0 Å². The zero-order chi connectivity index (χ0) is 28.6. The standard InChI is InChI=1S/C36H48I2/c1-19(2)25-13-28(21(5)6)34(29(14-25)22(7)8)32-17-27(37)18-33(36(32)38)35-30(23(9)10)15-26(20(3)4)16-31(35)24(11)12/h13-24H,1-12H3. The predicted octanol–water partition coefficient (Wildman–Crippen LogP) is 13.0. The lowest BCUT2D eigenvalue weighted by Gasteiger charge is -2.27. The molecule has 3 rings (SSSR count). The molecule has 0 spiro atoms. The molecule has 0 nitrogen and oxygen atoms in total. The van der Waals surface area contributed by atoms with Gasteiger partial charge in [-0.05, 0) is 148 Å². The highest BCUT2D eigenvalue weighted by molar-refractivity contribution is 14.1. The molecule has 38 heavy (non-hydrogen) atoms. The van der Waals surface area contributed by atoms with E-state index in [2.05, 4.69) is 165 Å². The van der Waals surface area contributed by atoms with Crippen LogP contribution < -0.4 is 0 Å². The van der Waals surface area contributed by atoms with Crippen LogP contribution in [0.3, 0.4) is 0 Å². The highest BCUT2D eigenvalue weighted by Gasteiger charge is 2.25. The Balaban J connectivity index is 2.50. The van der Waals surface area contributed by atoms with Crippen LogP contribution in [0, 0.1) is 7.14 Å². The molecule has 0 radical (unpaired) electrons. The van der Waals surface area contributed by atoms with Crippen LogP contribution in [0.5, 0.6) is 0 Å². The highest BCUT2D eigenvalue weighted by Crippen LogP contribution is 2.46. The van der Waals surface area contributed by atoms with Crippen LogP contribution in [0.1, 0.15) is 152 Å². The van der Waals surface area contributed by atoms with Crippen LogP contribution in [-0.4, -0.2) is 0 Å². The number of hydrogen-bond acceptors (Lipinski definition) is 0. The Morgan fingerprint density at radius 2 is 0.658 bits per heavy atom. The summed E-state index contributed by atoms with van der Waals surface area (Å²) in [4.78, 5) is 0. The zero-order valence-electron chi connectivity index (χ0n) is 25.7. The van der Waals surface area contributed by atoms with Gasteiger partial charge in [0.2, 0.25) is 0 Å². The van der Waals surface area contributed by atoms with Crippen LogP contribution in [0.4, 0.5) is 0 Å². The molecule has 0 fully saturated rings. The van der Waals surface area contributed by atoms with Gasteiger partial charge in [0, 0.05) is 7.14 Å². The van der Waals surface area contributed by atoms with E-state index < -0.39 is 0 Å². The first-order chi connectivity index (χ1) is 17.6. The Bertz CT molecular complexity index is 1130. The molecular weight excluding hydrogens is 686 g/mol. The number of benzene rings is 3. The summed E-state index contributed by atoms with van der Waals surface area (Å²) in [6, 6.07) is 14.8. The quantitative estimate of drug-likeness (QED) is 0.202. The third-order valence-electron chi connectivity index (χ3n) is 7.84. The molecule has 0 aromatic heterocycles. The summed E-state index contributed by atoms with van der Waals surface area (Å²) in [7, 11) is 0. The van der Waals surface area contributed by atoms with Crippen molar-refractivity contribution < 1.29 is 0 Å². The van der Waals surface area contributed by atoms with Crippen molar-refractivity contribution in [2.45, 2.75) is 119 Å². The zero-order valence-corrected chi connectivity index (χ0v) is 30.0. The van der Waals surface area contributed by atoms with E-state index in [1.54, 1.807) is 0 Å². The lowest BCUT2D eigenvalue weighted by atomic mass is 9.79. The Hall–Kier alpha value is -0.880. The van der Waals surface area contributed by atoms with E-state index >= 15 is 0 Å². The van der Waals surface area contributed by atoms with E-state index in [1.165, 1.54) is 62.8 Å². The fourth-order valence-electron chi connectivity index (χ4n) is 5.49. The third kappa shape index (κ3) is 6.53. The average Bonchev–Trinajstić information content (AvgIpc) is 2.83. The smallest absolute Gasteiger partial charge is 0.0288 e. The molecule has 2 heteroatoms. The minimum Gasteiger partial charge on any atom is -0.0587 e. The number of halogens is 2. The van der Waals surface area contributed by atoms with Gasteiger partial charge in [0.05, 0.1) is 0 Å². The summed E-state index contributed by atoms with van der Waals surface area (Å²) in [6.07, 6.45) is 0. The monoisotopic (exact) mass is 734 g/mol. The molecule has 3 aromatic carbocycles. The molecule has 0 heterocycles. The highest BCUT2D eigenvalue weighted by atomic mass is 127. The third-order valence-corrected chi connectivity index (χ3v) is 9.63. The molecule has 0 saturated carbocycles. The first-order valence-electron chi connectivity index (χ1n) is 14.5. The van der Waals surface area contributed by atoms with Crippen LogP contribution in [0.15, 0.2) is 36.4 Å². The topological polar surface area (TPSA) is 0 Å². The van der Waals surface area contributed by atoms with Crippen molar-refractivity contribution in [1.82, 2.24) is 0 Å². The van der Waals surface area contributed by atoms with Gasteiger partial charge >= 0.3 is 0 Å². The molecule has 0 saturated heterocycles. The first-order valence-corrected chi connectivity index (χ1v) is 16.7. The minimum atomic E-state index is 0.459. The van der Waals surface area contributed by atoms with E-state index in [9.17, 15) is 0 Å². The van der Waals surface area contributed by atoms with E-state index in [4.69, 9.17) is 0 Å². The summed E-state index contributed by atoms with van der Waals surface area (Å²) in [5.41, 5.74) is 14.5. The summed E-state index contributed by atoms with van der Waals surface area (Å²) in [6.45, 7) is 28.1. The van der Waals surface area contributed by atoms with E-state index in [0.717, 1.165) is 0 Å². The average molecular weight is 735 g/mol. The van der Waals surface area contributed by atoms with Crippen molar-refractivity contribution in [3.8, 4) is 22.3 Å². The lowest BCUT2D eigenvalue weighted by Crippen LogP contribution is -2.07. The number of hydrogen-bond donors (Lipinski definition) is 0. The summed E-state index contributed by atoms with van der Waals surface area (Å²) in [5.74, 6) is 2.88. The van der Waals surface area contributed by atoms with Crippen molar-refractivity contribution in [2.75, 3.05) is 0 Å². The molecule has 0 N–H and O–H groups in total. The van der Waals surface area contributed by atoms with Crippen LogP contribution in [0.25, 0.3) is 22.3 Å². The maximum Gasteiger partial charge on any atom is 0.0288 e. The van der Waals surface area contributed by atoms with Crippen molar-refractivity contribution in [1.29, 1.82) is 0 Å². The summed E-state index contributed by atoms with van der Waals surface area (Å²) >= 11 is 5.21. The fourth-order valence-corrected chi connectivity index (χ4v) is 6.96. The Labute approximate surface area is 261 Å². The predicted molar refractivity (Wildman–Crippen MR) is 187 cm³/mol. The normalized spacial score (nSPS) is 12.3. The van der Waals surface area contributed by atoms with Gasteiger partial charge in [0.1, 0.15) is 0 Å². The Morgan fingerprint density at radius 3 is 0.868 bits per heavy atom. The van der Waals surface area contributed by atoms with Gasteiger partial charge < -0.3 is 0 Å². The maximum atomic E-state index is 2.67. The van der Waals surface area contributed by atoms with E-state index in [0.29, 0.717) is 35.5 Å². The maximum absolute atomic E-state index is 2.67. The van der Waals surface area contributed by atoms with Gasteiger partial charge in [0.15, 0.2) is 0 Å². The van der Waals surface area contributed by atoms with Gasteiger partial charge in [-0.1, -0.05) is 107 Å². The molecule has 0 amide bonds. The summed E-state index contributed by atoms with van der Waals surface area (Å²) < 4.78 is 2.69. The van der Waals surface area contributed by atoms with Gasteiger partial charge in [-0.3, -0.25) is 0 Å². The van der Waals surface area contributed by atoms with Crippen molar-refractivity contribution in [3.63, 3.8) is 0 Å². The molecule has 0 aliphatic carbocycles. The van der Waals surface area contributed by atoms with Crippen LogP contribution in [0.2, 0.25) is 0 Å². The van der Waals surface area contributed by atoms with Crippen LogP contribution >= 0.6 is 45.2 Å². The second-order valence-electron chi connectivity index (χ2n) is 12.9. The molecule has 3 aromatic rings. The molecule has 0 unspecified atom stereocenters. The van der Waals surface area contributed by atoms with Gasteiger partial charge in [-0.2, -0.15) is 0 Å².